The molecule has 4 aromatic carbocycles. The van der Waals surface area contributed by atoms with E-state index in [4.69, 9.17) is 4.74 Å². The fourth-order valence-corrected chi connectivity index (χ4v) is 8.17. The van der Waals surface area contributed by atoms with E-state index in [1.54, 1.807) is 29.7 Å². The number of thioether (sulfide) groups is 1. The van der Waals surface area contributed by atoms with E-state index in [1.165, 1.54) is 28.0 Å². The number of Topliss-reactive ketones (excluding diaryl/α,β-unsaturated/α-hetero) is 1. The van der Waals surface area contributed by atoms with Crippen molar-refractivity contribution in [3.8, 4) is 5.75 Å². The molecule has 1 N–H and O–H groups in total. The highest BCUT2D eigenvalue weighted by Gasteiger charge is 2.49. The molecule has 1 aliphatic heterocycles. The third kappa shape index (κ3) is 5.80. The minimum absolute atomic E-state index is 0.0656. The Labute approximate surface area is 295 Å². The van der Waals surface area contributed by atoms with E-state index in [2.05, 4.69) is 39.4 Å². The van der Waals surface area contributed by atoms with Crippen molar-refractivity contribution in [2.24, 2.45) is 0 Å². The summed E-state index contributed by atoms with van der Waals surface area (Å²) in [5.74, 6) is -0.759. The summed E-state index contributed by atoms with van der Waals surface area (Å²) in [4.78, 5) is 33.8. The number of hydrogen-bond acceptors (Lipinski definition) is 9. The number of benzene rings is 4. The van der Waals surface area contributed by atoms with Crippen LogP contribution in [0.2, 0.25) is 0 Å². The van der Waals surface area contributed by atoms with Crippen LogP contribution in [0.1, 0.15) is 34.1 Å². The van der Waals surface area contributed by atoms with Gasteiger partial charge in [0.05, 0.1) is 17.3 Å². The molecule has 1 amide bonds. The lowest BCUT2D eigenvalue weighted by molar-refractivity contribution is -0.132. The van der Waals surface area contributed by atoms with Crippen molar-refractivity contribution in [3.05, 3.63) is 155 Å². The predicted octanol–water partition coefficient (Wildman–Crippen LogP) is 8.15. The molecule has 0 aliphatic carbocycles. The summed E-state index contributed by atoms with van der Waals surface area (Å²) in [7, 11) is 0. The molecule has 1 aliphatic rings. The number of rotatable bonds is 9. The Kier molecular flexibility index (Phi) is 8.35. The molecule has 0 bridgehead atoms. The van der Waals surface area contributed by atoms with E-state index >= 15 is 0 Å². The maximum Gasteiger partial charge on any atom is 0.301 e. The van der Waals surface area contributed by atoms with Gasteiger partial charge in [-0.25, -0.2) is 4.98 Å². The number of anilines is 1. The second kappa shape index (κ2) is 13.3. The number of aliphatic hydroxyl groups is 1. The average Bonchev–Trinajstić information content (AvgIpc) is 3.83. The maximum atomic E-state index is 14.0. The van der Waals surface area contributed by atoms with Crippen LogP contribution in [0.15, 0.2) is 131 Å². The van der Waals surface area contributed by atoms with Crippen molar-refractivity contribution < 1.29 is 19.4 Å². The van der Waals surface area contributed by atoms with Crippen molar-refractivity contribution in [1.29, 1.82) is 0 Å². The topological polar surface area (TPSA) is 110 Å². The van der Waals surface area contributed by atoms with Gasteiger partial charge in [0, 0.05) is 11.9 Å². The molecule has 4 heterocycles. The van der Waals surface area contributed by atoms with Crippen LogP contribution in [-0.4, -0.2) is 36.4 Å². The van der Waals surface area contributed by atoms with Gasteiger partial charge >= 0.3 is 5.91 Å². The molecule has 1 fully saturated rings. The van der Waals surface area contributed by atoms with Crippen LogP contribution in [0.25, 0.3) is 22.2 Å². The third-order valence-electron chi connectivity index (χ3n) is 8.63. The summed E-state index contributed by atoms with van der Waals surface area (Å²) >= 11 is 2.74. The molecule has 3 aromatic heterocycles. The zero-order valence-corrected chi connectivity index (χ0v) is 28.4. The van der Waals surface area contributed by atoms with Gasteiger partial charge in [-0.15, -0.1) is 10.2 Å². The summed E-state index contributed by atoms with van der Waals surface area (Å²) in [5, 5.41) is 23.3. The number of nitrogens with zero attached hydrogens (tertiary/aromatic N) is 5. The highest BCUT2D eigenvalue weighted by Crippen LogP contribution is 2.45. The van der Waals surface area contributed by atoms with Gasteiger partial charge in [0.15, 0.2) is 10.1 Å². The van der Waals surface area contributed by atoms with Crippen LogP contribution in [-0.2, 0) is 21.9 Å². The summed E-state index contributed by atoms with van der Waals surface area (Å²) in [5.41, 5.74) is 4.11. The third-order valence-corrected chi connectivity index (χ3v) is 10.7. The van der Waals surface area contributed by atoms with Gasteiger partial charge in [-0.1, -0.05) is 114 Å². The Morgan fingerprint density at radius 3 is 2.56 bits per heavy atom. The zero-order chi connectivity index (χ0) is 34.2. The van der Waals surface area contributed by atoms with E-state index in [0.29, 0.717) is 45.0 Å². The largest absolute Gasteiger partial charge is 0.505 e. The SMILES string of the molecule is Cc1nc2ccccn2c1C(O)=C1C(=O)C(=O)N(c2nnc(SCc3cccc4ccccc34)s2)C1c1cccc(OCc2ccccc2)c1. The fraction of sp³-hybridized carbons (Fsp3) is 0.103. The van der Waals surface area contributed by atoms with Crippen molar-refractivity contribution in [2.45, 2.75) is 29.7 Å². The number of hydrogen-bond donors (Lipinski definition) is 1. The lowest BCUT2D eigenvalue weighted by atomic mass is 9.96. The number of ketones is 1. The quantitative estimate of drug-likeness (QED) is 0.0530. The molecular formula is C39H29N5O4S2. The molecular weight excluding hydrogens is 667 g/mol. The number of aliphatic hydroxyl groups excluding tert-OH is 1. The smallest absolute Gasteiger partial charge is 0.301 e. The van der Waals surface area contributed by atoms with E-state index < -0.39 is 17.7 Å². The standard InChI is InChI=1S/C39H29N5O4S2/c1-24-33(43-20-8-7-19-31(43)40-24)35(45)32-34(27-15-10-17-29(21-27)48-22-25-11-3-2-4-12-25)44(37(47)36(32)46)38-41-42-39(50-38)49-23-28-16-9-14-26-13-5-6-18-30(26)28/h2-21,34,45H,22-23H2,1H3. The molecule has 0 spiro atoms. The monoisotopic (exact) mass is 695 g/mol. The first-order chi connectivity index (χ1) is 24.5. The number of imidazole rings is 1. The second-order valence-corrected chi connectivity index (χ2v) is 13.9. The molecule has 0 saturated carbocycles. The van der Waals surface area contributed by atoms with Crippen molar-refractivity contribution in [3.63, 3.8) is 0 Å². The number of pyridine rings is 1. The van der Waals surface area contributed by atoms with Gasteiger partial charge in [0.1, 0.15) is 23.7 Å². The summed E-state index contributed by atoms with van der Waals surface area (Å²) in [6.07, 6.45) is 1.76. The molecule has 8 rings (SSSR count). The maximum absolute atomic E-state index is 14.0. The van der Waals surface area contributed by atoms with Gasteiger partial charge in [-0.3, -0.25) is 18.9 Å². The zero-order valence-electron chi connectivity index (χ0n) is 26.8. The van der Waals surface area contributed by atoms with Crippen LogP contribution in [0.3, 0.4) is 0 Å². The number of ether oxygens (including phenoxy) is 1. The van der Waals surface area contributed by atoms with Crippen molar-refractivity contribution in [1.82, 2.24) is 19.6 Å². The average molecular weight is 696 g/mol. The molecule has 1 saturated heterocycles. The second-order valence-electron chi connectivity index (χ2n) is 11.8. The Morgan fingerprint density at radius 1 is 0.900 bits per heavy atom. The molecule has 50 heavy (non-hydrogen) atoms. The molecule has 11 heteroatoms. The Balaban J connectivity index is 1.18. The number of aromatic nitrogens is 4. The van der Waals surface area contributed by atoms with E-state index in [9.17, 15) is 14.7 Å². The van der Waals surface area contributed by atoms with Crippen LogP contribution >= 0.6 is 23.1 Å². The predicted molar refractivity (Wildman–Crippen MR) is 195 cm³/mol. The van der Waals surface area contributed by atoms with Gasteiger partial charge in [-0.2, -0.15) is 0 Å². The number of aryl methyl sites for hydroxylation is 1. The minimum atomic E-state index is -1.01. The summed E-state index contributed by atoms with van der Waals surface area (Å²) in [6, 6.07) is 35.9. The van der Waals surface area contributed by atoms with Crippen LogP contribution < -0.4 is 9.64 Å². The minimum Gasteiger partial charge on any atom is -0.505 e. The molecule has 7 aromatic rings. The summed E-state index contributed by atoms with van der Waals surface area (Å²) < 4.78 is 8.48. The Morgan fingerprint density at radius 2 is 1.68 bits per heavy atom. The van der Waals surface area contributed by atoms with Gasteiger partial charge in [-0.05, 0) is 58.7 Å². The number of fused-ring (bicyclic) bond motifs is 2. The van der Waals surface area contributed by atoms with Gasteiger partial charge in [0.25, 0.3) is 5.78 Å². The first kappa shape index (κ1) is 31.5. The van der Waals surface area contributed by atoms with Gasteiger partial charge in [0.2, 0.25) is 5.13 Å². The lowest BCUT2D eigenvalue weighted by Gasteiger charge is -2.23. The van der Waals surface area contributed by atoms with Crippen LogP contribution in [0.5, 0.6) is 5.75 Å². The highest BCUT2D eigenvalue weighted by molar-refractivity contribution is 8.00. The van der Waals surface area contributed by atoms with E-state index in [-0.39, 0.29) is 16.5 Å². The number of carbonyl (C=O) groups is 2. The number of amides is 1. The number of carbonyl (C=O) groups excluding carboxylic acids is 2. The normalized spacial score (nSPS) is 15.7. The first-order valence-electron chi connectivity index (χ1n) is 15.9. The molecule has 246 valence electrons. The fourth-order valence-electron chi connectivity index (χ4n) is 6.30. The van der Waals surface area contributed by atoms with Crippen molar-refractivity contribution >= 4 is 62.1 Å². The Hall–Kier alpha value is -5.78. The molecule has 0 radical (unpaired) electrons. The molecule has 1 unspecified atom stereocenters. The summed E-state index contributed by atoms with van der Waals surface area (Å²) in [6.45, 7) is 2.09. The van der Waals surface area contributed by atoms with E-state index in [0.717, 1.165) is 21.9 Å². The Bertz CT molecular complexity index is 2430. The van der Waals surface area contributed by atoms with Gasteiger partial charge < -0.3 is 9.84 Å². The molecule has 1 atom stereocenters. The lowest BCUT2D eigenvalue weighted by Crippen LogP contribution is -2.29. The van der Waals surface area contributed by atoms with E-state index in [1.807, 2.05) is 78.9 Å². The first-order valence-corrected chi connectivity index (χ1v) is 17.7. The molecule has 9 nitrogen and oxygen atoms in total. The van der Waals surface area contributed by atoms with Crippen LogP contribution in [0, 0.1) is 6.92 Å². The highest BCUT2D eigenvalue weighted by atomic mass is 32.2. The van der Waals surface area contributed by atoms with Crippen LogP contribution in [0.4, 0.5) is 5.13 Å². The van der Waals surface area contributed by atoms with Crippen molar-refractivity contribution in [2.75, 3.05) is 4.90 Å².